The molecule has 0 aromatic rings. The zero-order chi connectivity index (χ0) is 13.9. The van der Waals surface area contributed by atoms with Crippen molar-refractivity contribution in [1.29, 1.82) is 0 Å². The lowest BCUT2D eigenvalue weighted by Crippen LogP contribution is -2.27. The van der Waals surface area contributed by atoms with Crippen molar-refractivity contribution in [2.45, 2.75) is 51.2 Å². The van der Waals surface area contributed by atoms with Crippen LogP contribution in [0.4, 0.5) is 0 Å². The van der Waals surface area contributed by atoms with Gasteiger partial charge in [0.05, 0.1) is 17.6 Å². The summed E-state index contributed by atoms with van der Waals surface area (Å²) in [5.74, 6) is 0.278. The minimum absolute atomic E-state index is 0.0425. The Morgan fingerprint density at radius 2 is 2.00 bits per heavy atom. The minimum Gasteiger partial charge on any atom is -0.460 e. The highest BCUT2D eigenvalue weighted by molar-refractivity contribution is 7.91. The number of hydrogen-bond donors (Lipinski definition) is 0. The van der Waals surface area contributed by atoms with Crippen LogP contribution >= 0.6 is 0 Å². The third-order valence-corrected chi connectivity index (χ3v) is 5.55. The molecule has 5 nitrogen and oxygen atoms in total. The number of carbonyl (C=O) groups is 1. The summed E-state index contributed by atoms with van der Waals surface area (Å²) in [4.78, 5) is 11.6. The first kappa shape index (κ1) is 14.8. The summed E-state index contributed by atoms with van der Waals surface area (Å²) in [7, 11) is -3.00. The van der Waals surface area contributed by atoms with Crippen molar-refractivity contribution in [1.82, 2.24) is 0 Å². The van der Waals surface area contributed by atoms with Crippen molar-refractivity contribution >= 4 is 15.8 Å². The highest BCUT2D eigenvalue weighted by atomic mass is 32.2. The quantitative estimate of drug-likeness (QED) is 0.730. The maximum Gasteiger partial charge on any atom is 0.332 e. The topological polar surface area (TPSA) is 69.7 Å². The van der Waals surface area contributed by atoms with Gasteiger partial charge in [-0.3, -0.25) is 0 Å². The lowest BCUT2D eigenvalue weighted by Gasteiger charge is -2.26. The molecule has 1 aliphatic heterocycles. The summed E-state index contributed by atoms with van der Waals surface area (Å²) in [6, 6.07) is 0. The standard InChI is InChI=1S/C13H22O5S/c1-10-3-2-4-11(7-10)17-8-13(14)18-12-5-6-19(15,16)9-12/h10-12H,2-9H2,1H3. The van der Waals surface area contributed by atoms with Crippen molar-refractivity contribution in [3.8, 4) is 0 Å². The van der Waals surface area contributed by atoms with Gasteiger partial charge in [-0.2, -0.15) is 0 Å². The fourth-order valence-electron chi connectivity index (χ4n) is 2.79. The van der Waals surface area contributed by atoms with Gasteiger partial charge in [0.2, 0.25) is 0 Å². The number of sulfone groups is 1. The number of hydrogen-bond acceptors (Lipinski definition) is 5. The second-order valence-electron chi connectivity index (χ2n) is 5.72. The number of rotatable bonds is 4. The average Bonchev–Trinajstić information content (AvgIpc) is 2.66. The molecule has 2 rings (SSSR count). The van der Waals surface area contributed by atoms with Gasteiger partial charge in [0, 0.05) is 0 Å². The molecule has 0 bridgehead atoms. The molecule has 1 aliphatic carbocycles. The van der Waals surface area contributed by atoms with E-state index in [4.69, 9.17) is 9.47 Å². The van der Waals surface area contributed by atoms with Gasteiger partial charge in [0.25, 0.3) is 0 Å². The van der Waals surface area contributed by atoms with E-state index < -0.39 is 21.9 Å². The Hall–Kier alpha value is -0.620. The van der Waals surface area contributed by atoms with Crippen LogP contribution in [0.2, 0.25) is 0 Å². The first-order valence-electron chi connectivity index (χ1n) is 6.96. The summed E-state index contributed by atoms with van der Waals surface area (Å²) < 4.78 is 33.2. The van der Waals surface area contributed by atoms with Crippen LogP contribution in [0.3, 0.4) is 0 Å². The number of esters is 1. The Morgan fingerprint density at radius 1 is 1.21 bits per heavy atom. The van der Waals surface area contributed by atoms with Gasteiger partial charge in [0.1, 0.15) is 12.7 Å². The second-order valence-corrected chi connectivity index (χ2v) is 7.95. The fraction of sp³-hybridized carbons (Fsp3) is 0.923. The molecular weight excluding hydrogens is 268 g/mol. The Morgan fingerprint density at radius 3 is 2.63 bits per heavy atom. The molecule has 19 heavy (non-hydrogen) atoms. The molecule has 0 spiro atoms. The van der Waals surface area contributed by atoms with Gasteiger partial charge in [-0.1, -0.05) is 19.8 Å². The average molecular weight is 290 g/mol. The molecule has 2 fully saturated rings. The van der Waals surface area contributed by atoms with Crippen LogP contribution in [0.25, 0.3) is 0 Å². The van der Waals surface area contributed by atoms with Crippen molar-refractivity contribution in [3.63, 3.8) is 0 Å². The van der Waals surface area contributed by atoms with E-state index in [0.717, 1.165) is 19.3 Å². The largest absolute Gasteiger partial charge is 0.460 e. The lowest BCUT2D eigenvalue weighted by atomic mass is 9.89. The van der Waals surface area contributed by atoms with E-state index in [0.29, 0.717) is 12.3 Å². The van der Waals surface area contributed by atoms with Crippen LogP contribution in [0.1, 0.15) is 39.0 Å². The molecule has 2 aliphatic rings. The van der Waals surface area contributed by atoms with Gasteiger partial charge >= 0.3 is 5.97 Å². The lowest BCUT2D eigenvalue weighted by molar-refractivity contribution is -0.156. The highest BCUT2D eigenvalue weighted by Gasteiger charge is 2.31. The predicted molar refractivity (Wildman–Crippen MR) is 70.5 cm³/mol. The maximum atomic E-state index is 11.6. The maximum absolute atomic E-state index is 11.6. The van der Waals surface area contributed by atoms with Crippen LogP contribution < -0.4 is 0 Å². The van der Waals surface area contributed by atoms with Crippen molar-refractivity contribution in [3.05, 3.63) is 0 Å². The SMILES string of the molecule is CC1CCCC(OCC(=O)OC2CCS(=O)(=O)C2)C1. The van der Waals surface area contributed by atoms with Gasteiger partial charge in [-0.25, -0.2) is 13.2 Å². The van der Waals surface area contributed by atoms with Gasteiger partial charge in [-0.05, 0) is 25.2 Å². The van der Waals surface area contributed by atoms with E-state index in [-0.39, 0.29) is 24.2 Å². The first-order valence-corrected chi connectivity index (χ1v) is 8.78. The van der Waals surface area contributed by atoms with Crippen molar-refractivity contribution < 1.29 is 22.7 Å². The molecule has 110 valence electrons. The third kappa shape index (κ3) is 4.76. The van der Waals surface area contributed by atoms with E-state index in [9.17, 15) is 13.2 Å². The Bertz CT molecular complexity index is 417. The molecule has 1 saturated heterocycles. The summed E-state index contributed by atoms with van der Waals surface area (Å²) in [6.07, 6.45) is 4.43. The molecule has 3 unspecified atom stereocenters. The molecule has 6 heteroatoms. The summed E-state index contributed by atoms with van der Waals surface area (Å²) >= 11 is 0. The van der Waals surface area contributed by atoms with Crippen molar-refractivity contribution in [2.24, 2.45) is 5.92 Å². The minimum atomic E-state index is -3.00. The monoisotopic (exact) mass is 290 g/mol. The molecule has 0 aromatic heterocycles. The van der Waals surface area contributed by atoms with E-state index in [1.165, 1.54) is 6.42 Å². The van der Waals surface area contributed by atoms with E-state index in [2.05, 4.69) is 6.92 Å². The van der Waals surface area contributed by atoms with Crippen LogP contribution in [0.5, 0.6) is 0 Å². The molecule has 0 radical (unpaired) electrons. The van der Waals surface area contributed by atoms with Gasteiger partial charge < -0.3 is 9.47 Å². The fourth-order valence-corrected chi connectivity index (χ4v) is 4.38. The second kappa shape index (κ2) is 6.22. The third-order valence-electron chi connectivity index (χ3n) is 3.81. The zero-order valence-corrected chi connectivity index (χ0v) is 12.2. The summed E-state index contributed by atoms with van der Waals surface area (Å²) in [5, 5.41) is 0. The molecule has 1 heterocycles. The molecule has 1 saturated carbocycles. The molecule has 0 aromatic carbocycles. The van der Waals surface area contributed by atoms with E-state index in [1.807, 2.05) is 0 Å². The smallest absolute Gasteiger partial charge is 0.332 e. The van der Waals surface area contributed by atoms with Gasteiger partial charge in [-0.15, -0.1) is 0 Å². The Balaban J connectivity index is 1.67. The van der Waals surface area contributed by atoms with Gasteiger partial charge in [0.15, 0.2) is 9.84 Å². The molecule has 0 amide bonds. The van der Waals surface area contributed by atoms with Crippen LogP contribution in [-0.2, 0) is 24.1 Å². The Kier molecular flexibility index (Phi) is 4.84. The molecule has 3 atom stereocenters. The van der Waals surface area contributed by atoms with E-state index in [1.54, 1.807) is 0 Å². The van der Waals surface area contributed by atoms with Crippen LogP contribution in [-0.4, -0.2) is 44.7 Å². The van der Waals surface area contributed by atoms with Crippen LogP contribution in [0, 0.1) is 5.92 Å². The van der Waals surface area contributed by atoms with Crippen LogP contribution in [0.15, 0.2) is 0 Å². The van der Waals surface area contributed by atoms with Crippen molar-refractivity contribution in [2.75, 3.05) is 18.1 Å². The highest BCUT2D eigenvalue weighted by Crippen LogP contribution is 2.25. The number of ether oxygens (including phenoxy) is 2. The molecule has 0 N–H and O–H groups in total. The summed E-state index contributed by atoms with van der Waals surface area (Å²) in [6.45, 7) is 2.13. The predicted octanol–water partition coefficient (Wildman–Crippen LogP) is 1.31. The summed E-state index contributed by atoms with van der Waals surface area (Å²) in [5.41, 5.74) is 0. The Labute approximate surface area is 114 Å². The normalized spacial score (nSPS) is 34.1. The zero-order valence-electron chi connectivity index (χ0n) is 11.3. The van der Waals surface area contributed by atoms with E-state index >= 15 is 0 Å². The number of carbonyl (C=O) groups excluding carboxylic acids is 1. The first-order chi connectivity index (χ1) is 8.94. The molecular formula is C13H22O5S.